The quantitative estimate of drug-likeness (QED) is 0.731. The Morgan fingerprint density at radius 2 is 1.97 bits per heavy atom. The molecule has 0 spiro atoms. The number of alkyl halides is 3. The van der Waals surface area contributed by atoms with Gasteiger partial charge in [0, 0.05) is 19.1 Å². The minimum absolute atomic E-state index is 0.0296. The summed E-state index contributed by atoms with van der Waals surface area (Å²) in [5.41, 5.74) is -0.541. The fourth-order valence-electron chi connectivity index (χ4n) is 4.76. The number of amides is 2. The molecular formula is C22H27F3N2O3. The third kappa shape index (κ3) is 4.32. The van der Waals surface area contributed by atoms with E-state index in [9.17, 15) is 22.8 Å². The van der Waals surface area contributed by atoms with Gasteiger partial charge in [-0.15, -0.1) is 0 Å². The van der Waals surface area contributed by atoms with Crippen LogP contribution in [0.2, 0.25) is 0 Å². The summed E-state index contributed by atoms with van der Waals surface area (Å²) in [6.07, 6.45) is -1.82. The lowest BCUT2D eigenvalue weighted by Crippen LogP contribution is -2.48. The van der Waals surface area contributed by atoms with Gasteiger partial charge in [-0.2, -0.15) is 13.2 Å². The van der Waals surface area contributed by atoms with Gasteiger partial charge in [0.05, 0.1) is 11.0 Å². The molecule has 30 heavy (non-hydrogen) atoms. The molecule has 1 aromatic carbocycles. The molecule has 0 radical (unpaired) electrons. The van der Waals surface area contributed by atoms with E-state index in [-0.39, 0.29) is 30.0 Å². The van der Waals surface area contributed by atoms with Crippen LogP contribution in [-0.2, 0) is 11.0 Å². The smallest absolute Gasteiger partial charge is 0.416 e. The van der Waals surface area contributed by atoms with Gasteiger partial charge in [-0.25, -0.2) is 4.79 Å². The van der Waals surface area contributed by atoms with Gasteiger partial charge in [-0.1, -0.05) is 38.1 Å². The van der Waals surface area contributed by atoms with Crippen LogP contribution < -0.4 is 5.32 Å². The summed E-state index contributed by atoms with van der Waals surface area (Å²) in [6.45, 7) is 4.53. The van der Waals surface area contributed by atoms with Crippen LogP contribution in [0.4, 0.5) is 18.0 Å². The lowest BCUT2D eigenvalue weighted by Gasteiger charge is -2.39. The molecule has 1 fully saturated rings. The highest BCUT2D eigenvalue weighted by Gasteiger charge is 2.49. The van der Waals surface area contributed by atoms with E-state index in [0.717, 1.165) is 6.07 Å². The first-order valence-electron chi connectivity index (χ1n) is 10.2. The summed E-state index contributed by atoms with van der Waals surface area (Å²) in [6, 6.07) is 5.25. The number of hydrogen-bond donors (Lipinski definition) is 2. The molecule has 2 atom stereocenters. The summed E-state index contributed by atoms with van der Waals surface area (Å²) in [5.74, 6) is -0.00600. The molecular weight excluding hydrogens is 397 g/mol. The Bertz CT molecular complexity index is 850. The van der Waals surface area contributed by atoms with Crippen molar-refractivity contribution < 1.29 is 27.9 Å². The molecule has 5 nitrogen and oxygen atoms in total. The predicted molar refractivity (Wildman–Crippen MR) is 107 cm³/mol. The molecule has 0 aromatic heterocycles. The molecule has 0 unspecified atom stereocenters. The highest BCUT2D eigenvalue weighted by molar-refractivity contribution is 5.85. The Morgan fingerprint density at radius 3 is 2.53 bits per heavy atom. The molecule has 1 aromatic rings. The summed E-state index contributed by atoms with van der Waals surface area (Å²) >= 11 is 0. The molecule has 0 bridgehead atoms. The first-order valence-corrected chi connectivity index (χ1v) is 10.2. The topological polar surface area (TPSA) is 69.6 Å². The van der Waals surface area contributed by atoms with Crippen LogP contribution in [0.15, 0.2) is 30.3 Å². The molecule has 2 aliphatic rings. The Morgan fingerprint density at radius 1 is 1.27 bits per heavy atom. The first kappa shape index (κ1) is 22.2. The molecule has 0 saturated heterocycles. The summed E-state index contributed by atoms with van der Waals surface area (Å²) in [5, 5.41) is 11.5. The zero-order chi connectivity index (χ0) is 22.1. The first-order chi connectivity index (χ1) is 14.0. The largest absolute Gasteiger partial charge is 0.465 e. The Labute approximate surface area is 173 Å². The normalized spacial score (nSPS) is 24.7. The average Bonchev–Trinajstić information content (AvgIpc) is 3.11. The van der Waals surface area contributed by atoms with Crippen molar-refractivity contribution in [2.75, 3.05) is 13.1 Å². The third-order valence-electron chi connectivity index (χ3n) is 6.48. The molecule has 164 valence electrons. The van der Waals surface area contributed by atoms with Crippen LogP contribution in [-0.4, -0.2) is 41.1 Å². The zero-order valence-corrected chi connectivity index (χ0v) is 17.1. The molecule has 1 aliphatic carbocycles. The number of rotatable bonds is 4. The number of carbonyl (C=O) groups is 2. The number of halogens is 3. The van der Waals surface area contributed by atoms with Gasteiger partial charge in [0.1, 0.15) is 0 Å². The number of nitrogens with one attached hydrogen (secondary N) is 1. The fourth-order valence-corrected chi connectivity index (χ4v) is 4.76. The van der Waals surface area contributed by atoms with Crippen LogP contribution in [0.1, 0.15) is 50.7 Å². The van der Waals surface area contributed by atoms with E-state index in [4.69, 9.17) is 5.11 Å². The molecule has 8 heteroatoms. The summed E-state index contributed by atoms with van der Waals surface area (Å²) in [7, 11) is 0. The molecule has 1 saturated carbocycles. The fraction of sp³-hybridized carbons (Fsp3) is 0.545. The van der Waals surface area contributed by atoms with Gasteiger partial charge in [0.25, 0.3) is 0 Å². The van der Waals surface area contributed by atoms with Gasteiger partial charge >= 0.3 is 12.3 Å². The van der Waals surface area contributed by atoms with Crippen molar-refractivity contribution in [1.29, 1.82) is 0 Å². The second kappa shape index (κ2) is 8.32. The van der Waals surface area contributed by atoms with E-state index in [0.29, 0.717) is 37.8 Å². The van der Waals surface area contributed by atoms with Crippen molar-refractivity contribution in [1.82, 2.24) is 10.2 Å². The Balaban J connectivity index is 1.78. The number of carbonyl (C=O) groups excluding carboxylic acids is 1. The van der Waals surface area contributed by atoms with Crippen molar-refractivity contribution in [3.8, 4) is 0 Å². The summed E-state index contributed by atoms with van der Waals surface area (Å²) < 4.78 is 40.0. The molecule has 3 rings (SSSR count). The minimum Gasteiger partial charge on any atom is -0.465 e. The number of carboxylic acid groups (broad SMARTS) is 1. The number of nitrogens with zero attached hydrogens (tertiary/aromatic N) is 1. The van der Waals surface area contributed by atoms with Gasteiger partial charge in [-0.05, 0) is 48.8 Å². The number of hydrogen-bond acceptors (Lipinski definition) is 2. The van der Waals surface area contributed by atoms with Crippen molar-refractivity contribution in [2.24, 2.45) is 11.3 Å². The van der Waals surface area contributed by atoms with Crippen LogP contribution in [0, 0.1) is 11.3 Å². The lowest BCUT2D eigenvalue weighted by molar-refractivity contribution is -0.144. The van der Waals surface area contributed by atoms with E-state index in [2.05, 4.69) is 5.32 Å². The molecule has 1 heterocycles. The van der Waals surface area contributed by atoms with E-state index in [1.165, 1.54) is 12.1 Å². The van der Waals surface area contributed by atoms with Crippen molar-refractivity contribution >= 4 is 17.6 Å². The van der Waals surface area contributed by atoms with E-state index in [1.807, 2.05) is 13.8 Å². The van der Waals surface area contributed by atoms with Crippen molar-refractivity contribution in [3.05, 3.63) is 41.5 Å². The molecule has 1 aliphatic heterocycles. The average molecular weight is 424 g/mol. The van der Waals surface area contributed by atoms with Crippen LogP contribution in [0.25, 0.3) is 5.57 Å². The van der Waals surface area contributed by atoms with Crippen LogP contribution >= 0.6 is 0 Å². The monoisotopic (exact) mass is 424 g/mol. The van der Waals surface area contributed by atoms with Gasteiger partial charge in [-0.3, -0.25) is 4.79 Å². The maximum Gasteiger partial charge on any atom is 0.416 e. The Hall–Kier alpha value is -2.51. The summed E-state index contributed by atoms with van der Waals surface area (Å²) in [4.78, 5) is 26.1. The standard InChI is InChI=1S/C22H27F3N2O3/c1-14(2)21(10-7-16(13-21)26-20(29)30)19(28)27-11-8-15(9-12-27)17-5-3-4-6-18(17)22(23,24)25/h3-6,8,14,16,26H,7,9-13H2,1-2H3,(H,29,30)/t16-,21+/m1/s1. The van der Waals surface area contributed by atoms with Crippen molar-refractivity contribution in [2.45, 2.75) is 51.7 Å². The predicted octanol–water partition coefficient (Wildman–Crippen LogP) is 4.78. The third-order valence-corrected chi connectivity index (χ3v) is 6.48. The SMILES string of the molecule is CC(C)[C@]1(C(=O)N2CC=C(c3ccccc3C(F)(F)F)CC2)CC[C@@H](NC(=O)O)C1. The molecule has 2 amide bonds. The second-order valence-corrected chi connectivity index (χ2v) is 8.47. The Kier molecular flexibility index (Phi) is 6.15. The van der Waals surface area contributed by atoms with Crippen LogP contribution in [0.3, 0.4) is 0 Å². The minimum atomic E-state index is -4.43. The van der Waals surface area contributed by atoms with E-state index >= 15 is 0 Å². The number of benzene rings is 1. The molecule has 2 N–H and O–H groups in total. The maximum absolute atomic E-state index is 13.4. The zero-order valence-electron chi connectivity index (χ0n) is 17.1. The lowest BCUT2D eigenvalue weighted by atomic mass is 9.74. The maximum atomic E-state index is 13.4. The second-order valence-electron chi connectivity index (χ2n) is 8.47. The highest BCUT2D eigenvalue weighted by Crippen LogP contribution is 2.46. The van der Waals surface area contributed by atoms with Gasteiger partial charge in [0.15, 0.2) is 0 Å². The van der Waals surface area contributed by atoms with Crippen LogP contribution in [0.5, 0.6) is 0 Å². The highest BCUT2D eigenvalue weighted by atomic mass is 19.4. The van der Waals surface area contributed by atoms with Crippen molar-refractivity contribution in [3.63, 3.8) is 0 Å². The van der Waals surface area contributed by atoms with E-state index < -0.39 is 23.2 Å². The van der Waals surface area contributed by atoms with Gasteiger partial charge in [0.2, 0.25) is 5.91 Å². The van der Waals surface area contributed by atoms with Gasteiger partial charge < -0.3 is 15.3 Å². The van der Waals surface area contributed by atoms with E-state index in [1.54, 1.807) is 17.0 Å².